The molecule has 0 aromatic heterocycles. The van der Waals surface area contributed by atoms with E-state index in [1.165, 1.54) is 24.3 Å². The topological polar surface area (TPSA) is 110 Å². The largest absolute Gasteiger partial charge is 0.508 e. The van der Waals surface area contributed by atoms with Crippen LogP contribution in [0.3, 0.4) is 0 Å². The quantitative estimate of drug-likeness (QED) is 0.511. The number of aromatic hydroxyl groups is 1. The molecular formula is C14H14N2O5S. The van der Waals surface area contributed by atoms with Gasteiger partial charge in [0.05, 0.1) is 15.5 Å². The maximum atomic E-state index is 12.3. The molecule has 2 aromatic carbocycles. The van der Waals surface area contributed by atoms with Crippen LogP contribution in [0.15, 0.2) is 41.3 Å². The minimum atomic E-state index is -3.86. The average molecular weight is 322 g/mol. The standard InChI is InChI=1S/C14H14N2O5S/c1-9-10(2)14(17)8-7-13(9)15-22(20,21)12-5-3-11(4-6-12)16(18)19/h3-8,15,17H,1-2H3. The molecule has 116 valence electrons. The van der Waals surface area contributed by atoms with Crippen molar-refractivity contribution in [3.8, 4) is 5.75 Å². The van der Waals surface area contributed by atoms with Crippen LogP contribution in [-0.4, -0.2) is 18.4 Å². The number of hydrogen-bond donors (Lipinski definition) is 2. The molecule has 0 aliphatic rings. The Balaban J connectivity index is 2.36. The molecule has 8 heteroatoms. The number of sulfonamides is 1. The molecule has 0 radical (unpaired) electrons. The first-order chi connectivity index (χ1) is 10.2. The van der Waals surface area contributed by atoms with Crippen LogP contribution in [0.2, 0.25) is 0 Å². The molecule has 7 nitrogen and oxygen atoms in total. The van der Waals surface area contributed by atoms with Crippen molar-refractivity contribution in [1.82, 2.24) is 0 Å². The van der Waals surface area contributed by atoms with Gasteiger partial charge in [0, 0.05) is 12.1 Å². The van der Waals surface area contributed by atoms with Crippen molar-refractivity contribution in [2.45, 2.75) is 18.7 Å². The number of benzene rings is 2. The van der Waals surface area contributed by atoms with Crippen LogP contribution in [0.1, 0.15) is 11.1 Å². The van der Waals surface area contributed by atoms with Crippen molar-refractivity contribution in [2.24, 2.45) is 0 Å². The first-order valence-corrected chi connectivity index (χ1v) is 7.77. The Labute approximate surface area is 127 Å². The maximum Gasteiger partial charge on any atom is 0.269 e. The van der Waals surface area contributed by atoms with E-state index in [2.05, 4.69) is 4.72 Å². The predicted molar refractivity (Wildman–Crippen MR) is 81.5 cm³/mol. The summed E-state index contributed by atoms with van der Waals surface area (Å²) in [7, 11) is -3.86. The lowest BCUT2D eigenvalue weighted by Gasteiger charge is -2.13. The summed E-state index contributed by atoms with van der Waals surface area (Å²) < 4.78 is 27.0. The number of nitro groups is 1. The third-order valence-corrected chi connectivity index (χ3v) is 4.74. The van der Waals surface area contributed by atoms with E-state index in [1.807, 2.05) is 0 Å². The van der Waals surface area contributed by atoms with E-state index in [9.17, 15) is 23.6 Å². The van der Waals surface area contributed by atoms with Gasteiger partial charge in [-0.3, -0.25) is 14.8 Å². The number of nitro benzene ring substituents is 1. The highest BCUT2D eigenvalue weighted by Gasteiger charge is 2.17. The van der Waals surface area contributed by atoms with Crippen LogP contribution >= 0.6 is 0 Å². The summed E-state index contributed by atoms with van der Waals surface area (Å²) in [5.74, 6) is 0.0794. The van der Waals surface area contributed by atoms with Crippen LogP contribution in [0.4, 0.5) is 11.4 Å². The zero-order valence-corrected chi connectivity index (χ0v) is 12.7. The third kappa shape index (κ3) is 3.01. The SMILES string of the molecule is Cc1c(O)ccc(NS(=O)(=O)c2ccc([N+](=O)[O-])cc2)c1C. The number of nitrogens with zero attached hydrogens (tertiary/aromatic N) is 1. The normalized spacial score (nSPS) is 11.2. The van der Waals surface area contributed by atoms with Crippen molar-refractivity contribution in [1.29, 1.82) is 0 Å². The molecule has 0 saturated heterocycles. The fourth-order valence-electron chi connectivity index (χ4n) is 1.87. The van der Waals surface area contributed by atoms with Gasteiger partial charge < -0.3 is 5.11 Å². The minimum Gasteiger partial charge on any atom is -0.508 e. The number of phenols is 1. The zero-order chi connectivity index (χ0) is 16.5. The number of non-ortho nitro benzene ring substituents is 1. The van der Waals surface area contributed by atoms with Crippen LogP contribution in [0, 0.1) is 24.0 Å². The van der Waals surface area contributed by atoms with Gasteiger partial charge in [0.15, 0.2) is 0 Å². The van der Waals surface area contributed by atoms with Gasteiger partial charge in [-0.25, -0.2) is 8.42 Å². The van der Waals surface area contributed by atoms with Gasteiger partial charge in [-0.1, -0.05) is 0 Å². The predicted octanol–water partition coefficient (Wildman–Crippen LogP) is 2.72. The lowest BCUT2D eigenvalue weighted by Crippen LogP contribution is -2.14. The summed E-state index contributed by atoms with van der Waals surface area (Å²) >= 11 is 0. The molecule has 22 heavy (non-hydrogen) atoms. The molecule has 2 N–H and O–H groups in total. The smallest absolute Gasteiger partial charge is 0.269 e. The second-order valence-corrected chi connectivity index (χ2v) is 6.42. The van der Waals surface area contributed by atoms with Crippen molar-refractivity contribution in [3.05, 3.63) is 57.6 Å². The fourth-order valence-corrected chi connectivity index (χ4v) is 2.99. The summed E-state index contributed by atoms with van der Waals surface area (Å²) in [6.07, 6.45) is 0. The summed E-state index contributed by atoms with van der Waals surface area (Å²) in [6.45, 7) is 3.36. The Morgan fingerprint density at radius 1 is 1.05 bits per heavy atom. The van der Waals surface area contributed by atoms with Gasteiger partial charge in [-0.2, -0.15) is 0 Å². The second-order valence-electron chi connectivity index (χ2n) is 4.74. The number of phenolic OH excluding ortho intramolecular Hbond substituents is 1. The average Bonchev–Trinajstić information content (AvgIpc) is 2.48. The minimum absolute atomic E-state index is 0.0794. The van der Waals surface area contributed by atoms with Gasteiger partial charge >= 0.3 is 0 Å². The lowest BCUT2D eigenvalue weighted by molar-refractivity contribution is -0.384. The Kier molecular flexibility index (Phi) is 4.05. The van der Waals surface area contributed by atoms with E-state index in [0.29, 0.717) is 16.8 Å². The van der Waals surface area contributed by atoms with E-state index < -0.39 is 14.9 Å². The molecule has 0 heterocycles. The Morgan fingerprint density at radius 2 is 1.64 bits per heavy atom. The third-order valence-electron chi connectivity index (χ3n) is 3.36. The lowest BCUT2D eigenvalue weighted by atomic mass is 10.1. The van der Waals surface area contributed by atoms with E-state index in [-0.39, 0.29) is 16.3 Å². The van der Waals surface area contributed by atoms with E-state index in [1.54, 1.807) is 13.8 Å². The summed E-state index contributed by atoms with van der Waals surface area (Å²) in [6, 6.07) is 7.45. The van der Waals surface area contributed by atoms with Crippen molar-refractivity contribution in [3.63, 3.8) is 0 Å². The highest BCUT2D eigenvalue weighted by atomic mass is 32.2. The molecule has 0 aliphatic heterocycles. The molecule has 0 unspecified atom stereocenters. The Morgan fingerprint density at radius 3 is 2.18 bits per heavy atom. The highest BCUT2D eigenvalue weighted by Crippen LogP contribution is 2.28. The number of rotatable bonds is 4. The molecule has 0 aliphatic carbocycles. The van der Waals surface area contributed by atoms with Gasteiger partial charge in [0.25, 0.3) is 15.7 Å². The van der Waals surface area contributed by atoms with Gasteiger partial charge in [0.1, 0.15) is 5.75 Å². The number of nitrogens with one attached hydrogen (secondary N) is 1. The number of hydrogen-bond acceptors (Lipinski definition) is 5. The summed E-state index contributed by atoms with van der Waals surface area (Å²) in [4.78, 5) is 9.90. The van der Waals surface area contributed by atoms with Crippen LogP contribution in [0.5, 0.6) is 5.75 Å². The Bertz CT molecular complexity index is 829. The molecule has 0 atom stereocenters. The van der Waals surface area contributed by atoms with Crippen molar-refractivity contribution >= 4 is 21.4 Å². The number of anilines is 1. The van der Waals surface area contributed by atoms with Crippen LogP contribution < -0.4 is 4.72 Å². The summed E-state index contributed by atoms with van der Waals surface area (Å²) in [5, 5.41) is 20.2. The van der Waals surface area contributed by atoms with Gasteiger partial charge in [-0.05, 0) is 49.2 Å². The fraction of sp³-hybridized carbons (Fsp3) is 0.143. The molecule has 0 bridgehead atoms. The van der Waals surface area contributed by atoms with Crippen molar-refractivity contribution < 1.29 is 18.4 Å². The molecule has 0 saturated carbocycles. The Hall–Kier alpha value is -2.61. The summed E-state index contributed by atoms with van der Waals surface area (Å²) in [5.41, 5.74) is 1.33. The van der Waals surface area contributed by atoms with Crippen LogP contribution in [0.25, 0.3) is 0 Å². The van der Waals surface area contributed by atoms with Crippen molar-refractivity contribution in [2.75, 3.05) is 4.72 Å². The first kappa shape index (κ1) is 15.8. The van der Waals surface area contributed by atoms with E-state index >= 15 is 0 Å². The van der Waals surface area contributed by atoms with Gasteiger partial charge in [0.2, 0.25) is 0 Å². The molecule has 2 rings (SSSR count). The molecule has 0 amide bonds. The zero-order valence-electron chi connectivity index (χ0n) is 11.9. The second kappa shape index (κ2) is 5.64. The van der Waals surface area contributed by atoms with Crippen LogP contribution in [-0.2, 0) is 10.0 Å². The highest BCUT2D eigenvalue weighted by molar-refractivity contribution is 7.92. The monoisotopic (exact) mass is 322 g/mol. The van der Waals surface area contributed by atoms with Gasteiger partial charge in [-0.15, -0.1) is 0 Å². The molecular weight excluding hydrogens is 308 g/mol. The molecule has 0 spiro atoms. The molecule has 0 fully saturated rings. The first-order valence-electron chi connectivity index (χ1n) is 6.29. The van der Waals surface area contributed by atoms with E-state index in [4.69, 9.17) is 0 Å². The maximum absolute atomic E-state index is 12.3. The molecule has 2 aromatic rings. The van der Waals surface area contributed by atoms with E-state index in [0.717, 1.165) is 12.1 Å².